The zero-order valence-electron chi connectivity index (χ0n) is 20.5. The molecule has 8 nitrogen and oxygen atoms in total. The summed E-state index contributed by atoms with van der Waals surface area (Å²) in [6.07, 6.45) is 6.28. The maximum Gasteiger partial charge on any atom is 0.306 e. The Balaban J connectivity index is 1.45. The van der Waals surface area contributed by atoms with E-state index < -0.39 is 24.1 Å². The van der Waals surface area contributed by atoms with Gasteiger partial charge in [-0.05, 0) is 51.9 Å². The molecule has 2 aliphatic heterocycles. The molecule has 2 N–H and O–H groups in total. The Bertz CT molecular complexity index is 560. The number of hydrogen-bond acceptors (Lipinski definition) is 10. The van der Waals surface area contributed by atoms with Crippen molar-refractivity contribution in [2.24, 2.45) is 0 Å². The van der Waals surface area contributed by atoms with Crippen molar-refractivity contribution in [2.75, 3.05) is 75.5 Å². The fraction of sp³-hybridized carbons (Fsp3) is 0.917. The molecule has 10 heteroatoms. The van der Waals surface area contributed by atoms with Crippen LogP contribution in [-0.4, -0.2) is 120 Å². The number of nitrogens with zero attached hydrogens (tertiary/aromatic N) is 2. The zero-order valence-corrected chi connectivity index (χ0v) is 22.2. The highest BCUT2D eigenvalue weighted by Gasteiger charge is 2.17. The number of aliphatic hydroxyl groups is 2. The van der Waals surface area contributed by atoms with E-state index in [2.05, 4.69) is 9.80 Å². The molecule has 2 aliphatic rings. The van der Waals surface area contributed by atoms with Crippen LogP contribution in [0.4, 0.5) is 0 Å². The van der Waals surface area contributed by atoms with Crippen LogP contribution >= 0.6 is 23.5 Å². The number of hydrogen-bond donors (Lipinski definition) is 2. The van der Waals surface area contributed by atoms with Crippen LogP contribution in [0.1, 0.15) is 51.4 Å². The van der Waals surface area contributed by atoms with E-state index in [0.29, 0.717) is 11.5 Å². The van der Waals surface area contributed by atoms with Gasteiger partial charge in [0.05, 0.1) is 25.6 Å². The summed E-state index contributed by atoms with van der Waals surface area (Å²) >= 11 is 3.34. The van der Waals surface area contributed by atoms with Crippen molar-refractivity contribution in [1.29, 1.82) is 0 Å². The fourth-order valence-corrected chi connectivity index (χ4v) is 5.98. The van der Waals surface area contributed by atoms with Crippen molar-refractivity contribution in [2.45, 2.75) is 63.6 Å². The molecular weight excluding hydrogens is 476 g/mol. The van der Waals surface area contributed by atoms with Crippen molar-refractivity contribution in [1.82, 2.24) is 9.80 Å². The van der Waals surface area contributed by atoms with E-state index in [-0.39, 0.29) is 26.1 Å². The minimum absolute atomic E-state index is 0.0580. The zero-order chi connectivity index (χ0) is 24.4. The van der Waals surface area contributed by atoms with Gasteiger partial charge in [-0.25, -0.2) is 0 Å². The molecule has 2 unspecified atom stereocenters. The molecule has 0 spiro atoms. The average Bonchev–Trinajstić information content (AvgIpc) is 2.87. The highest BCUT2D eigenvalue weighted by Crippen LogP contribution is 2.13. The summed E-state index contributed by atoms with van der Waals surface area (Å²) in [7, 11) is 0. The number of esters is 2. The van der Waals surface area contributed by atoms with Gasteiger partial charge in [0.1, 0.15) is 12.7 Å². The third-order valence-corrected chi connectivity index (χ3v) is 8.26. The molecule has 2 rings (SSSR count). The maximum atomic E-state index is 12.0. The summed E-state index contributed by atoms with van der Waals surface area (Å²) in [5.41, 5.74) is 0. The molecule has 2 saturated heterocycles. The Kier molecular flexibility index (Phi) is 16.3. The van der Waals surface area contributed by atoms with Crippen LogP contribution in [0.15, 0.2) is 0 Å². The quantitative estimate of drug-likeness (QED) is 0.219. The van der Waals surface area contributed by atoms with Crippen molar-refractivity contribution in [3.05, 3.63) is 0 Å². The number of rotatable bonds is 17. The SMILES string of the molecule is O=C(CCC(=O)OC(CO)CSCCN1CCCCC1)OCC(O)CSCCN1CCCCC1. The molecule has 0 amide bonds. The van der Waals surface area contributed by atoms with E-state index in [1.54, 1.807) is 23.5 Å². The van der Waals surface area contributed by atoms with Crippen LogP contribution in [0.25, 0.3) is 0 Å². The van der Waals surface area contributed by atoms with E-state index in [0.717, 1.165) is 37.7 Å². The van der Waals surface area contributed by atoms with Gasteiger partial charge in [-0.2, -0.15) is 23.5 Å². The Hall–Kier alpha value is -0.520. The average molecular weight is 521 g/mol. The number of aliphatic hydroxyl groups excluding tert-OH is 2. The van der Waals surface area contributed by atoms with Gasteiger partial charge in [0.25, 0.3) is 0 Å². The first-order valence-electron chi connectivity index (χ1n) is 12.8. The number of carbonyl (C=O) groups is 2. The van der Waals surface area contributed by atoms with Crippen LogP contribution in [0, 0.1) is 0 Å². The molecule has 2 fully saturated rings. The molecule has 0 aromatic carbocycles. The van der Waals surface area contributed by atoms with Crippen molar-refractivity contribution in [3.8, 4) is 0 Å². The Morgan fingerprint density at radius 1 is 0.794 bits per heavy atom. The summed E-state index contributed by atoms with van der Waals surface area (Å²) in [5.74, 6) is 1.93. The van der Waals surface area contributed by atoms with E-state index in [1.165, 1.54) is 51.6 Å². The number of likely N-dealkylation sites (tertiary alicyclic amines) is 2. The van der Waals surface area contributed by atoms with Crippen LogP contribution in [0.2, 0.25) is 0 Å². The third kappa shape index (κ3) is 14.1. The summed E-state index contributed by atoms with van der Waals surface area (Å²) in [5, 5.41) is 19.5. The first-order valence-corrected chi connectivity index (χ1v) is 15.1. The van der Waals surface area contributed by atoms with Crippen LogP contribution in [-0.2, 0) is 19.1 Å². The lowest BCUT2D eigenvalue weighted by Crippen LogP contribution is -2.32. The third-order valence-electron chi connectivity index (χ3n) is 6.09. The standard InChI is InChI=1S/C24H44N2O6S2/c27-17-22(20-34-16-14-26-11-5-2-6-12-26)32-24(30)8-7-23(29)31-18-21(28)19-33-15-13-25-9-3-1-4-10-25/h21-22,27-28H,1-20H2. The molecule has 0 radical (unpaired) electrons. The number of carbonyl (C=O) groups excluding carboxylic acids is 2. The Morgan fingerprint density at radius 2 is 1.32 bits per heavy atom. The molecule has 0 bridgehead atoms. The normalized spacial score (nSPS) is 19.5. The summed E-state index contributed by atoms with van der Waals surface area (Å²) < 4.78 is 10.4. The molecule has 0 aromatic rings. The first-order chi connectivity index (χ1) is 16.6. The van der Waals surface area contributed by atoms with E-state index in [1.807, 2.05) is 0 Å². The molecule has 2 heterocycles. The Morgan fingerprint density at radius 3 is 1.88 bits per heavy atom. The van der Waals surface area contributed by atoms with Crippen molar-refractivity contribution in [3.63, 3.8) is 0 Å². The maximum absolute atomic E-state index is 12.0. The van der Waals surface area contributed by atoms with Gasteiger partial charge >= 0.3 is 11.9 Å². The van der Waals surface area contributed by atoms with Gasteiger partial charge in [-0.1, -0.05) is 12.8 Å². The smallest absolute Gasteiger partial charge is 0.306 e. The van der Waals surface area contributed by atoms with Gasteiger partial charge in [-0.3, -0.25) is 9.59 Å². The summed E-state index contributed by atoms with van der Waals surface area (Å²) in [6, 6.07) is 0. The molecular formula is C24H44N2O6S2. The van der Waals surface area contributed by atoms with E-state index >= 15 is 0 Å². The first kappa shape index (κ1) is 29.7. The second-order valence-corrected chi connectivity index (χ2v) is 11.4. The van der Waals surface area contributed by atoms with E-state index in [9.17, 15) is 19.8 Å². The van der Waals surface area contributed by atoms with Crippen LogP contribution < -0.4 is 0 Å². The lowest BCUT2D eigenvalue weighted by Gasteiger charge is -2.26. The highest BCUT2D eigenvalue weighted by atomic mass is 32.2. The minimum Gasteiger partial charge on any atom is -0.463 e. The highest BCUT2D eigenvalue weighted by molar-refractivity contribution is 7.99. The van der Waals surface area contributed by atoms with Crippen LogP contribution in [0.3, 0.4) is 0 Å². The molecule has 34 heavy (non-hydrogen) atoms. The van der Waals surface area contributed by atoms with Crippen molar-refractivity contribution >= 4 is 35.5 Å². The second kappa shape index (κ2) is 18.7. The lowest BCUT2D eigenvalue weighted by molar-refractivity contribution is -0.155. The second-order valence-electron chi connectivity index (χ2n) is 9.09. The van der Waals surface area contributed by atoms with Gasteiger partial charge in [0.2, 0.25) is 0 Å². The van der Waals surface area contributed by atoms with Gasteiger partial charge < -0.3 is 29.5 Å². The van der Waals surface area contributed by atoms with E-state index in [4.69, 9.17) is 9.47 Å². The topological polar surface area (TPSA) is 99.5 Å². The monoisotopic (exact) mass is 520 g/mol. The fourth-order valence-electron chi connectivity index (χ4n) is 4.07. The largest absolute Gasteiger partial charge is 0.463 e. The number of ether oxygens (including phenoxy) is 2. The molecule has 0 saturated carbocycles. The van der Waals surface area contributed by atoms with Gasteiger partial charge in [0.15, 0.2) is 0 Å². The van der Waals surface area contributed by atoms with Gasteiger partial charge in [-0.15, -0.1) is 0 Å². The number of piperidine rings is 2. The predicted molar refractivity (Wildman–Crippen MR) is 138 cm³/mol. The van der Waals surface area contributed by atoms with Crippen LogP contribution in [0.5, 0.6) is 0 Å². The molecule has 0 aromatic heterocycles. The molecule has 0 aliphatic carbocycles. The lowest BCUT2D eigenvalue weighted by atomic mass is 10.1. The number of thioether (sulfide) groups is 2. The van der Waals surface area contributed by atoms with Crippen molar-refractivity contribution < 1.29 is 29.3 Å². The Labute approximate surface area is 213 Å². The molecule has 2 atom stereocenters. The summed E-state index contributed by atoms with van der Waals surface area (Å²) in [4.78, 5) is 28.8. The minimum atomic E-state index is -0.706. The molecule has 198 valence electrons. The predicted octanol–water partition coefficient (Wildman–Crippen LogP) is 2.01. The van der Waals surface area contributed by atoms with Gasteiger partial charge in [0, 0.05) is 36.1 Å². The summed E-state index contributed by atoms with van der Waals surface area (Å²) in [6.45, 7) is 6.41.